The quantitative estimate of drug-likeness (QED) is 0.812. The van der Waals surface area contributed by atoms with E-state index in [2.05, 4.69) is 42.2 Å². The van der Waals surface area contributed by atoms with Crippen LogP contribution in [0, 0.1) is 11.8 Å². The lowest BCUT2D eigenvalue weighted by atomic mass is 9.81. The minimum absolute atomic E-state index is 0.132. The van der Waals surface area contributed by atoms with Crippen LogP contribution in [0.5, 0.6) is 0 Å². The predicted molar refractivity (Wildman–Crippen MR) is 73.3 cm³/mol. The van der Waals surface area contributed by atoms with Crippen molar-refractivity contribution in [1.29, 1.82) is 0 Å². The van der Waals surface area contributed by atoms with E-state index in [-0.39, 0.29) is 5.60 Å². The summed E-state index contributed by atoms with van der Waals surface area (Å²) in [5, 5.41) is 0. The zero-order chi connectivity index (χ0) is 12.6. The highest BCUT2D eigenvalue weighted by Crippen LogP contribution is 2.47. The maximum Gasteiger partial charge on any atom is 0.0731 e. The molecule has 2 fully saturated rings. The van der Waals surface area contributed by atoms with E-state index in [9.17, 15) is 0 Å². The Morgan fingerprint density at radius 3 is 2.33 bits per heavy atom. The number of hydrogen-bond acceptors (Lipinski definition) is 2. The summed E-state index contributed by atoms with van der Waals surface area (Å²) in [6, 6.07) is 10.8. The molecule has 1 saturated heterocycles. The van der Waals surface area contributed by atoms with Gasteiger partial charge in [0.05, 0.1) is 5.60 Å². The molecule has 0 radical (unpaired) electrons. The van der Waals surface area contributed by atoms with E-state index >= 15 is 0 Å². The molecule has 2 atom stereocenters. The number of ether oxygens (including phenoxy) is 1. The first-order chi connectivity index (χ1) is 8.72. The van der Waals surface area contributed by atoms with Crippen molar-refractivity contribution in [2.75, 3.05) is 20.2 Å². The predicted octanol–water partition coefficient (Wildman–Crippen LogP) is 2.93. The Labute approximate surface area is 110 Å². The molecule has 0 aromatic heterocycles. The molecule has 1 aromatic rings. The van der Waals surface area contributed by atoms with E-state index in [0.717, 1.165) is 6.54 Å². The highest BCUT2D eigenvalue weighted by molar-refractivity contribution is 5.15. The third-order valence-electron chi connectivity index (χ3n) is 5.13. The number of methoxy groups -OCH3 is 1. The van der Waals surface area contributed by atoms with E-state index < -0.39 is 0 Å². The molecule has 3 rings (SSSR count). The summed E-state index contributed by atoms with van der Waals surface area (Å²) in [6.07, 6.45) is 2.67. The molecule has 2 bridgehead atoms. The number of fused-ring (bicyclic) bond motifs is 2. The average molecular weight is 245 g/mol. The van der Waals surface area contributed by atoms with Gasteiger partial charge in [0.2, 0.25) is 0 Å². The van der Waals surface area contributed by atoms with Crippen molar-refractivity contribution < 1.29 is 4.74 Å². The maximum absolute atomic E-state index is 5.84. The van der Waals surface area contributed by atoms with Crippen LogP contribution >= 0.6 is 0 Å². The molecule has 2 nitrogen and oxygen atoms in total. The molecule has 0 spiro atoms. The molecule has 1 heterocycles. The number of benzene rings is 1. The molecule has 1 saturated carbocycles. The van der Waals surface area contributed by atoms with Crippen LogP contribution in [0.2, 0.25) is 0 Å². The van der Waals surface area contributed by atoms with Gasteiger partial charge in [0, 0.05) is 38.6 Å². The minimum atomic E-state index is 0.132. The van der Waals surface area contributed by atoms with Crippen molar-refractivity contribution in [2.24, 2.45) is 11.8 Å². The van der Waals surface area contributed by atoms with Crippen LogP contribution in [0.1, 0.15) is 25.3 Å². The Morgan fingerprint density at radius 2 is 1.78 bits per heavy atom. The standard InChI is InChI=1S/C16H23NO/c1-16(18-2)14-8-9-15(16)12-17(11-14)10-13-6-4-3-5-7-13/h3-7,14-15H,8-12H2,1-2H3. The molecular formula is C16H23NO. The summed E-state index contributed by atoms with van der Waals surface area (Å²) in [6.45, 7) is 5.79. The molecule has 2 aliphatic rings. The summed E-state index contributed by atoms with van der Waals surface area (Å²) >= 11 is 0. The summed E-state index contributed by atoms with van der Waals surface area (Å²) in [5.74, 6) is 1.43. The zero-order valence-electron chi connectivity index (χ0n) is 11.4. The van der Waals surface area contributed by atoms with Crippen molar-refractivity contribution in [3.05, 3.63) is 35.9 Å². The van der Waals surface area contributed by atoms with Gasteiger partial charge in [-0.3, -0.25) is 4.90 Å². The smallest absolute Gasteiger partial charge is 0.0731 e. The monoisotopic (exact) mass is 245 g/mol. The Balaban J connectivity index is 1.69. The number of likely N-dealkylation sites (tertiary alicyclic amines) is 1. The van der Waals surface area contributed by atoms with Gasteiger partial charge in [0.1, 0.15) is 0 Å². The average Bonchev–Trinajstić information content (AvgIpc) is 2.59. The largest absolute Gasteiger partial charge is 0.378 e. The number of hydrogen-bond donors (Lipinski definition) is 0. The second kappa shape index (κ2) is 4.67. The molecular weight excluding hydrogens is 222 g/mol. The third kappa shape index (κ3) is 1.98. The first-order valence-corrected chi connectivity index (χ1v) is 7.04. The van der Waals surface area contributed by atoms with E-state index in [1.807, 2.05) is 7.11 Å². The van der Waals surface area contributed by atoms with Gasteiger partial charge in [-0.2, -0.15) is 0 Å². The molecule has 2 unspecified atom stereocenters. The molecule has 98 valence electrons. The fraction of sp³-hybridized carbons (Fsp3) is 0.625. The second-order valence-corrected chi connectivity index (χ2v) is 6.04. The fourth-order valence-electron chi connectivity index (χ4n) is 3.86. The second-order valence-electron chi connectivity index (χ2n) is 6.04. The highest BCUT2D eigenvalue weighted by atomic mass is 16.5. The van der Waals surface area contributed by atoms with Crippen molar-refractivity contribution in [3.8, 4) is 0 Å². The van der Waals surface area contributed by atoms with E-state index in [0.29, 0.717) is 11.8 Å². The first kappa shape index (κ1) is 12.2. The maximum atomic E-state index is 5.84. The molecule has 2 heteroatoms. The third-order valence-corrected chi connectivity index (χ3v) is 5.13. The van der Waals surface area contributed by atoms with Crippen LogP contribution < -0.4 is 0 Å². The summed E-state index contributed by atoms with van der Waals surface area (Å²) in [5.41, 5.74) is 1.56. The molecule has 1 aliphatic carbocycles. The molecule has 0 N–H and O–H groups in total. The number of nitrogens with zero attached hydrogens (tertiary/aromatic N) is 1. The lowest BCUT2D eigenvalue weighted by molar-refractivity contribution is -0.0996. The van der Waals surface area contributed by atoms with Gasteiger partial charge in [-0.1, -0.05) is 30.3 Å². The van der Waals surface area contributed by atoms with Crippen LogP contribution in [0.3, 0.4) is 0 Å². The summed E-state index contributed by atoms with van der Waals surface area (Å²) in [4.78, 5) is 2.61. The number of piperidine rings is 1. The van der Waals surface area contributed by atoms with E-state index in [4.69, 9.17) is 4.74 Å². The molecule has 0 amide bonds. The Morgan fingerprint density at radius 1 is 1.17 bits per heavy atom. The molecule has 1 aliphatic heterocycles. The van der Waals surface area contributed by atoms with E-state index in [1.165, 1.54) is 31.5 Å². The van der Waals surface area contributed by atoms with Gasteiger partial charge in [0.15, 0.2) is 0 Å². The number of rotatable bonds is 3. The Hall–Kier alpha value is -0.860. The summed E-state index contributed by atoms with van der Waals surface area (Å²) < 4.78 is 5.84. The van der Waals surface area contributed by atoms with Crippen molar-refractivity contribution in [1.82, 2.24) is 4.90 Å². The molecule has 1 aromatic carbocycles. The summed E-state index contributed by atoms with van der Waals surface area (Å²) in [7, 11) is 1.89. The van der Waals surface area contributed by atoms with Crippen LogP contribution in [0.25, 0.3) is 0 Å². The fourth-order valence-corrected chi connectivity index (χ4v) is 3.86. The molecule has 18 heavy (non-hydrogen) atoms. The lowest BCUT2D eigenvalue weighted by Crippen LogP contribution is -2.52. The van der Waals surface area contributed by atoms with Crippen LogP contribution in [-0.2, 0) is 11.3 Å². The van der Waals surface area contributed by atoms with Crippen LogP contribution in [0.4, 0.5) is 0 Å². The first-order valence-electron chi connectivity index (χ1n) is 7.04. The van der Waals surface area contributed by atoms with Crippen molar-refractivity contribution in [2.45, 2.75) is 31.9 Å². The van der Waals surface area contributed by atoms with Crippen LogP contribution in [-0.4, -0.2) is 30.7 Å². The Kier molecular flexibility index (Phi) is 3.16. The van der Waals surface area contributed by atoms with Gasteiger partial charge in [-0.05, 0) is 25.3 Å². The van der Waals surface area contributed by atoms with Crippen molar-refractivity contribution in [3.63, 3.8) is 0 Å². The highest BCUT2D eigenvalue weighted by Gasteiger charge is 2.50. The van der Waals surface area contributed by atoms with Gasteiger partial charge < -0.3 is 4.74 Å². The lowest BCUT2D eigenvalue weighted by Gasteiger charge is -2.44. The topological polar surface area (TPSA) is 12.5 Å². The SMILES string of the molecule is COC1(C)C2CCC1CN(Cc1ccccc1)C2. The van der Waals surface area contributed by atoms with Crippen molar-refractivity contribution >= 4 is 0 Å². The Bertz CT molecular complexity index is 389. The van der Waals surface area contributed by atoms with E-state index in [1.54, 1.807) is 0 Å². The zero-order valence-corrected chi connectivity index (χ0v) is 11.4. The minimum Gasteiger partial charge on any atom is -0.378 e. The normalized spacial score (nSPS) is 35.9. The van der Waals surface area contributed by atoms with Gasteiger partial charge in [0.25, 0.3) is 0 Å². The van der Waals surface area contributed by atoms with Gasteiger partial charge in [-0.15, -0.1) is 0 Å². The van der Waals surface area contributed by atoms with Crippen LogP contribution in [0.15, 0.2) is 30.3 Å². The van der Waals surface area contributed by atoms with Gasteiger partial charge in [-0.25, -0.2) is 0 Å². The van der Waals surface area contributed by atoms with Gasteiger partial charge >= 0.3 is 0 Å².